The van der Waals surface area contributed by atoms with E-state index in [4.69, 9.17) is 16.2 Å². The van der Waals surface area contributed by atoms with Crippen molar-refractivity contribution in [2.75, 3.05) is 13.6 Å². The molecule has 0 amide bonds. The summed E-state index contributed by atoms with van der Waals surface area (Å²) >= 11 is 0. The maximum Gasteiger partial charge on any atom is 0.332 e. The molecule has 0 aromatic heterocycles. The molecular weight excluding hydrogens is 218 g/mol. The Morgan fingerprint density at radius 3 is 2.69 bits per heavy atom. The number of likely N-dealkylation sites (N-methyl/N-ethyl adjacent to an activating group) is 1. The molecular formula is C7H15N5O4. The van der Waals surface area contributed by atoms with Gasteiger partial charge in [-0.3, -0.25) is 5.41 Å². The highest BCUT2D eigenvalue weighted by molar-refractivity contribution is 5.74. The van der Waals surface area contributed by atoms with Crippen LogP contribution < -0.4 is 11.1 Å². The molecule has 0 fully saturated rings. The van der Waals surface area contributed by atoms with E-state index in [1.54, 1.807) is 0 Å². The lowest BCUT2D eigenvalue weighted by Crippen LogP contribution is -2.42. The van der Waals surface area contributed by atoms with Crippen LogP contribution in [0.3, 0.4) is 0 Å². The summed E-state index contributed by atoms with van der Waals surface area (Å²) in [7, 11) is 1.11. The smallest absolute Gasteiger partial charge is 0.332 e. The number of rotatable bonds is 7. The molecule has 0 saturated carbocycles. The van der Waals surface area contributed by atoms with E-state index in [0.29, 0.717) is 18.0 Å². The predicted octanol–water partition coefficient (Wildman–Crippen LogP) is -1.17. The zero-order valence-corrected chi connectivity index (χ0v) is 8.84. The third kappa shape index (κ3) is 4.98. The summed E-state index contributed by atoms with van der Waals surface area (Å²) < 4.78 is 0. The molecule has 0 aliphatic heterocycles. The van der Waals surface area contributed by atoms with Crippen molar-refractivity contribution in [1.29, 1.82) is 5.41 Å². The number of nitrogens with two attached hydrogens (primary N) is 1. The fourth-order valence-electron chi connectivity index (χ4n) is 1.10. The zero-order chi connectivity index (χ0) is 12.7. The molecule has 5 N–H and O–H groups in total. The van der Waals surface area contributed by atoms with E-state index in [1.807, 2.05) is 0 Å². The Kier molecular flexibility index (Phi) is 5.60. The summed E-state index contributed by atoms with van der Waals surface area (Å²) in [6.45, 7) is 0.310. The van der Waals surface area contributed by atoms with Gasteiger partial charge in [0.2, 0.25) is 0 Å². The number of nitro groups is 1. The molecule has 0 spiro atoms. The topological polar surface area (TPSA) is 146 Å². The Morgan fingerprint density at radius 2 is 2.31 bits per heavy atom. The summed E-state index contributed by atoms with van der Waals surface area (Å²) in [5.74, 6) is -1.46. The van der Waals surface area contributed by atoms with Gasteiger partial charge in [-0.25, -0.2) is 14.9 Å². The van der Waals surface area contributed by atoms with Crippen molar-refractivity contribution in [1.82, 2.24) is 10.3 Å². The quantitative estimate of drug-likeness (QED) is 0.142. The highest BCUT2D eigenvalue weighted by atomic mass is 16.7. The van der Waals surface area contributed by atoms with Crippen molar-refractivity contribution in [3.63, 3.8) is 0 Å². The second-order valence-corrected chi connectivity index (χ2v) is 3.15. The van der Waals surface area contributed by atoms with Gasteiger partial charge in [0.25, 0.3) is 0 Å². The molecule has 0 rings (SSSR count). The van der Waals surface area contributed by atoms with Crippen LogP contribution in [-0.4, -0.2) is 46.7 Å². The molecule has 0 aromatic carbocycles. The highest BCUT2D eigenvalue weighted by Gasteiger charge is 2.28. The number of carbonyl (C=O) groups is 1. The maximum absolute atomic E-state index is 10.7. The number of nitrogens with one attached hydrogen (secondary N) is 2. The molecule has 0 aliphatic carbocycles. The van der Waals surface area contributed by atoms with Crippen molar-refractivity contribution < 1.29 is 14.9 Å². The van der Waals surface area contributed by atoms with E-state index in [0.717, 1.165) is 7.05 Å². The normalized spacial score (nSPS) is 11.6. The maximum atomic E-state index is 10.7. The Labute approximate surface area is 91.8 Å². The molecule has 0 radical (unpaired) electrons. The number of carboxylic acid groups (broad SMARTS) is 1. The minimum absolute atomic E-state index is 0.104. The summed E-state index contributed by atoms with van der Waals surface area (Å²) in [6.07, 6.45) is 0.474. The molecule has 0 bridgehead atoms. The van der Waals surface area contributed by atoms with Crippen LogP contribution in [0, 0.1) is 15.5 Å². The van der Waals surface area contributed by atoms with Crippen molar-refractivity contribution in [3.05, 3.63) is 10.1 Å². The standard InChI is InChI=1S/C7H15N5O4/c1-11(12(15)16)5(6(13)14)3-2-4-10-7(8)9/h5H,2-4H2,1H3,(H,13,14)(H4,8,9,10). The van der Waals surface area contributed by atoms with E-state index < -0.39 is 17.0 Å². The van der Waals surface area contributed by atoms with Crippen molar-refractivity contribution in [2.24, 2.45) is 5.73 Å². The first kappa shape index (κ1) is 13.9. The Balaban J connectivity index is 4.10. The van der Waals surface area contributed by atoms with Crippen LogP contribution in [0.1, 0.15) is 12.8 Å². The van der Waals surface area contributed by atoms with Crippen LogP contribution in [0.4, 0.5) is 0 Å². The number of carboxylic acids is 1. The first-order chi connectivity index (χ1) is 7.36. The van der Waals surface area contributed by atoms with Crippen LogP contribution in [0.5, 0.6) is 0 Å². The third-order valence-corrected chi connectivity index (χ3v) is 1.96. The van der Waals surface area contributed by atoms with Crippen LogP contribution in [0.15, 0.2) is 0 Å². The van der Waals surface area contributed by atoms with Gasteiger partial charge in [-0.15, -0.1) is 5.01 Å². The zero-order valence-electron chi connectivity index (χ0n) is 8.84. The highest BCUT2D eigenvalue weighted by Crippen LogP contribution is 2.05. The Bertz CT molecular complexity index is 282. The average Bonchev–Trinajstić information content (AvgIpc) is 2.15. The summed E-state index contributed by atoms with van der Waals surface area (Å²) in [4.78, 5) is 21.1. The number of hydrogen-bond acceptors (Lipinski definition) is 4. The number of hydrogen-bond donors (Lipinski definition) is 4. The second kappa shape index (κ2) is 6.43. The monoisotopic (exact) mass is 233 g/mol. The van der Waals surface area contributed by atoms with Gasteiger partial charge in [-0.05, 0) is 12.8 Å². The molecule has 9 heteroatoms. The number of hydrazine groups is 1. The molecule has 0 heterocycles. The molecule has 92 valence electrons. The van der Waals surface area contributed by atoms with E-state index in [-0.39, 0.29) is 12.4 Å². The lowest BCUT2D eigenvalue weighted by atomic mass is 10.1. The minimum Gasteiger partial charge on any atom is -0.480 e. The van der Waals surface area contributed by atoms with Crippen molar-refractivity contribution in [3.8, 4) is 0 Å². The number of aliphatic carboxylic acids is 1. The van der Waals surface area contributed by atoms with Crippen LogP contribution >= 0.6 is 0 Å². The van der Waals surface area contributed by atoms with E-state index in [1.165, 1.54) is 0 Å². The first-order valence-corrected chi connectivity index (χ1v) is 4.54. The van der Waals surface area contributed by atoms with Gasteiger partial charge in [0, 0.05) is 6.54 Å². The van der Waals surface area contributed by atoms with Gasteiger partial charge in [-0.1, -0.05) is 0 Å². The molecule has 0 saturated heterocycles. The summed E-state index contributed by atoms with van der Waals surface area (Å²) in [6, 6.07) is -1.18. The van der Waals surface area contributed by atoms with Gasteiger partial charge >= 0.3 is 5.97 Å². The molecule has 9 nitrogen and oxygen atoms in total. The molecule has 1 unspecified atom stereocenters. The molecule has 0 aromatic rings. The minimum atomic E-state index is -1.25. The number of guanidine groups is 1. The van der Waals surface area contributed by atoms with Crippen LogP contribution in [-0.2, 0) is 4.79 Å². The fourth-order valence-corrected chi connectivity index (χ4v) is 1.10. The van der Waals surface area contributed by atoms with Crippen LogP contribution in [0.2, 0.25) is 0 Å². The Morgan fingerprint density at radius 1 is 1.75 bits per heavy atom. The fraction of sp³-hybridized carbons (Fsp3) is 0.714. The average molecular weight is 233 g/mol. The van der Waals surface area contributed by atoms with Gasteiger partial charge in [0.1, 0.15) is 0 Å². The van der Waals surface area contributed by atoms with Crippen molar-refractivity contribution in [2.45, 2.75) is 18.9 Å². The molecule has 16 heavy (non-hydrogen) atoms. The van der Waals surface area contributed by atoms with Crippen molar-refractivity contribution >= 4 is 11.9 Å². The summed E-state index contributed by atoms with van der Waals surface area (Å²) in [5.41, 5.74) is 5.01. The van der Waals surface area contributed by atoms with E-state index in [2.05, 4.69) is 5.32 Å². The third-order valence-electron chi connectivity index (χ3n) is 1.96. The number of nitrogens with zero attached hydrogens (tertiary/aromatic N) is 2. The second-order valence-electron chi connectivity index (χ2n) is 3.15. The van der Waals surface area contributed by atoms with Gasteiger partial charge in [0.15, 0.2) is 17.0 Å². The summed E-state index contributed by atoms with van der Waals surface area (Å²) in [5, 5.41) is 28.3. The van der Waals surface area contributed by atoms with Crippen LogP contribution in [0.25, 0.3) is 0 Å². The molecule has 0 aliphatic rings. The van der Waals surface area contributed by atoms with Gasteiger partial charge in [0.05, 0.1) is 7.05 Å². The van der Waals surface area contributed by atoms with E-state index >= 15 is 0 Å². The predicted molar refractivity (Wildman–Crippen MR) is 55.3 cm³/mol. The molecule has 1 atom stereocenters. The Hall–Kier alpha value is -2.06. The lowest BCUT2D eigenvalue weighted by Gasteiger charge is -2.17. The first-order valence-electron chi connectivity index (χ1n) is 4.54. The lowest BCUT2D eigenvalue weighted by molar-refractivity contribution is -0.654. The van der Waals surface area contributed by atoms with E-state index in [9.17, 15) is 14.9 Å². The SMILES string of the molecule is CN(C(CCCNC(=N)N)C(=O)O)[N+](=O)[O-]. The van der Waals surface area contributed by atoms with Gasteiger partial charge < -0.3 is 16.2 Å². The van der Waals surface area contributed by atoms with Gasteiger partial charge in [-0.2, -0.15) is 0 Å². The largest absolute Gasteiger partial charge is 0.480 e.